The molecular formula is C17H22F4N2O2. The molecule has 0 spiro atoms. The van der Waals surface area contributed by atoms with Crippen molar-refractivity contribution in [3.8, 4) is 0 Å². The first-order chi connectivity index (χ1) is 11.4. The molecule has 140 valence electrons. The maximum atomic E-state index is 13.8. The van der Waals surface area contributed by atoms with Gasteiger partial charge in [-0.2, -0.15) is 13.2 Å². The van der Waals surface area contributed by atoms with Crippen molar-refractivity contribution in [2.75, 3.05) is 6.54 Å². The lowest BCUT2D eigenvalue weighted by molar-refractivity contribution is -0.140. The molecule has 1 aliphatic heterocycles. The summed E-state index contributed by atoms with van der Waals surface area (Å²) in [6.45, 7) is 5.65. The van der Waals surface area contributed by atoms with Gasteiger partial charge >= 0.3 is 12.3 Å². The van der Waals surface area contributed by atoms with Gasteiger partial charge in [-0.1, -0.05) is 6.07 Å². The van der Waals surface area contributed by atoms with Gasteiger partial charge in [0.25, 0.3) is 0 Å². The number of halogens is 4. The molecule has 2 atom stereocenters. The van der Waals surface area contributed by atoms with E-state index in [0.717, 1.165) is 12.1 Å². The standard InChI is InChI=1S/C17H22F4N2O2/c1-16(2,3)25-15(24)23-8-4-5-13(23)14(22)10-6-7-11(12(18)9-10)17(19,20)21/h6-7,9,13-14H,4-5,8,22H2,1-3H3. The zero-order valence-corrected chi connectivity index (χ0v) is 14.4. The number of nitrogens with zero attached hydrogens (tertiary/aromatic N) is 1. The van der Waals surface area contributed by atoms with Crippen LogP contribution >= 0.6 is 0 Å². The van der Waals surface area contributed by atoms with E-state index in [0.29, 0.717) is 25.5 Å². The third-order valence-corrected chi connectivity index (χ3v) is 4.03. The molecule has 2 N–H and O–H groups in total. The highest BCUT2D eigenvalue weighted by Gasteiger charge is 2.38. The summed E-state index contributed by atoms with van der Waals surface area (Å²) >= 11 is 0. The number of carbonyl (C=O) groups excluding carboxylic acids is 1. The molecule has 1 aromatic rings. The number of hydrogen-bond donors (Lipinski definition) is 1. The van der Waals surface area contributed by atoms with E-state index in [1.54, 1.807) is 20.8 Å². The molecule has 0 radical (unpaired) electrons. The first-order valence-corrected chi connectivity index (χ1v) is 8.02. The molecule has 25 heavy (non-hydrogen) atoms. The fraction of sp³-hybridized carbons (Fsp3) is 0.588. The minimum atomic E-state index is -4.76. The van der Waals surface area contributed by atoms with Gasteiger partial charge in [0.1, 0.15) is 11.4 Å². The van der Waals surface area contributed by atoms with Gasteiger partial charge in [-0.05, 0) is 51.3 Å². The maximum Gasteiger partial charge on any atom is 0.419 e. The van der Waals surface area contributed by atoms with Gasteiger partial charge in [-0.15, -0.1) is 0 Å². The second-order valence-corrected chi connectivity index (χ2v) is 7.15. The molecule has 1 fully saturated rings. The fourth-order valence-corrected chi connectivity index (χ4v) is 2.90. The normalized spacial score (nSPS) is 19.8. The molecule has 2 rings (SSSR count). The number of likely N-dealkylation sites (tertiary alicyclic amines) is 1. The van der Waals surface area contributed by atoms with Crippen LogP contribution in [0.25, 0.3) is 0 Å². The Morgan fingerprint density at radius 2 is 1.96 bits per heavy atom. The van der Waals surface area contributed by atoms with Crippen molar-refractivity contribution in [2.24, 2.45) is 5.73 Å². The monoisotopic (exact) mass is 362 g/mol. The van der Waals surface area contributed by atoms with Crippen molar-refractivity contribution in [1.29, 1.82) is 0 Å². The van der Waals surface area contributed by atoms with E-state index in [9.17, 15) is 22.4 Å². The summed E-state index contributed by atoms with van der Waals surface area (Å²) in [6, 6.07) is 1.37. The predicted molar refractivity (Wildman–Crippen MR) is 84.3 cm³/mol. The summed E-state index contributed by atoms with van der Waals surface area (Å²) in [7, 11) is 0. The Bertz CT molecular complexity index is 641. The number of carbonyl (C=O) groups is 1. The number of benzene rings is 1. The number of alkyl halides is 3. The van der Waals surface area contributed by atoms with Gasteiger partial charge < -0.3 is 15.4 Å². The highest BCUT2D eigenvalue weighted by atomic mass is 19.4. The number of rotatable bonds is 2. The van der Waals surface area contributed by atoms with Crippen molar-refractivity contribution in [3.05, 3.63) is 35.1 Å². The van der Waals surface area contributed by atoms with Gasteiger partial charge in [-0.25, -0.2) is 9.18 Å². The molecule has 1 aliphatic rings. The van der Waals surface area contributed by atoms with E-state index in [-0.39, 0.29) is 5.56 Å². The van der Waals surface area contributed by atoms with Crippen LogP contribution in [0.1, 0.15) is 50.8 Å². The van der Waals surface area contributed by atoms with E-state index in [4.69, 9.17) is 10.5 Å². The van der Waals surface area contributed by atoms with E-state index >= 15 is 0 Å². The minimum absolute atomic E-state index is 0.214. The van der Waals surface area contributed by atoms with Crippen LogP contribution < -0.4 is 5.73 Å². The number of nitrogens with two attached hydrogens (primary N) is 1. The average Bonchev–Trinajstić information content (AvgIpc) is 2.92. The highest BCUT2D eigenvalue weighted by molar-refractivity contribution is 5.69. The van der Waals surface area contributed by atoms with Crippen molar-refractivity contribution in [3.63, 3.8) is 0 Å². The summed E-state index contributed by atoms with van der Waals surface area (Å²) in [4.78, 5) is 13.7. The molecule has 1 amide bonds. The van der Waals surface area contributed by atoms with Gasteiger partial charge in [0.15, 0.2) is 0 Å². The Kier molecular flexibility index (Phi) is 5.32. The first kappa shape index (κ1) is 19.5. The van der Waals surface area contributed by atoms with Crippen LogP contribution in [0.2, 0.25) is 0 Å². The third kappa shape index (κ3) is 4.62. The lowest BCUT2D eigenvalue weighted by Gasteiger charge is -2.32. The molecule has 0 bridgehead atoms. The van der Waals surface area contributed by atoms with Gasteiger partial charge in [0.2, 0.25) is 0 Å². The van der Waals surface area contributed by atoms with Crippen LogP contribution in [0, 0.1) is 5.82 Å². The van der Waals surface area contributed by atoms with Crippen molar-refractivity contribution in [2.45, 2.75) is 57.5 Å². The number of hydrogen-bond acceptors (Lipinski definition) is 3. The van der Waals surface area contributed by atoms with Crippen LogP contribution in [0.4, 0.5) is 22.4 Å². The Morgan fingerprint density at radius 3 is 2.48 bits per heavy atom. The Balaban J connectivity index is 2.20. The lowest BCUT2D eigenvalue weighted by atomic mass is 9.97. The summed E-state index contributed by atoms with van der Waals surface area (Å²) in [5.41, 5.74) is 4.33. The van der Waals surface area contributed by atoms with Crippen molar-refractivity contribution >= 4 is 6.09 Å². The van der Waals surface area contributed by atoms with Crippen LogP contribution in [-0.2, 0) is 10.9 Å². The van der Waals surface area contributed by atoms with Gasteiger partial charge in [0, 0.05) is 6.54 Å². The SMILES string of the molecule is CC(C)(C)OC(=O)N1CCCC1C(N)c1ccc(C(F)(F)F)c(F)c1. The van der Waals surface area contributed by atoms with E-state index < -0.39 is 41.3 Å². The minimum Gasteiger partial charge on any atom is -0.444 e. The summed E-state index contributed by atoms with van der Waals surface area (Å²) < 4.78 is 57.1. The topological polar surface area (TPSA) is 55.6 Å². The van der Waals surface area contributed by atoms with Gasteiger partial charge in [-0.3, -0.25) is 0 Å². The van der Waals surface area contributed by atoms with E-state index in [2.05, 4.69) is 0 Å². The summed E-state index contributed by atoms with van der Waals surface area (Å²) in [5.74, 6) is -1.37. The molecule has 2 unspecified atom stereocenters. The Labute approximate surface area is 143 Å². The van der Waals surface area contributed by atoms with Crippen molar-refractivity contribution < 1.29 is 27.1 Å². The van der Waals surface area contributed by atoms with Crippen molar-refractivity contribution in [1.82, 2.24) is 4.90 Å². The van der Waals surface area contributed by atoms with E-state index in [1.807, 2.05) is 0 Å². The Hall–Kier alpha value is -1.83. The molecule has 0 saturated carbocycles. The molecule has 4 nitrogen and oxygen atoms in total. The quantitative estimate of drug-likeness (QED) is 0.801. The molecule has 0 aromatic heterocycles. The maximum absolute atomic E-state index is 13.8. The number of amides is 1. The van der Waals surface area contributed by atoms with Crippen LogP contribution in [0.15, 0.2) is 18.2 Å². The third-order valence-electron chi connectivity index (χ3n) is 4.03. The molecule has 1 aromatic carbocycles. The first-order valence-electron chi connectivity index (χ1n) is 8.02. The summed E-state index contributed by atoms with van der Waals surface area (Å²) in [5, 5.41) is 0. The fourth-order valence-electron chi connectivity index (χ4n) is 2.90. The van der Waals surface area contributed by atoms with Crippen LogP contribution in [0.5, 0.6) is 0 Å². The zero-order valence-electron chi connectivity index (χ0n) is 14.4. The average molecular weight is 362 g/mol. The van der Waals surface area contributed by atoms with Gasteiger partial charge in [0.05, 0.1) is 17.6 Å². The largest absolute Gasteiger partial charge is 0.444 e. The van der Waals surface area contributed by atoms with Crippen LogP contribution in [0.3, 0.4) is 0 Å². The number of ether oxygens (including phenoxy) is 1. The smallest absolute Gasteiger partial charge is 0.419 e. The van der Waals surface area contributed by atoms with Crippen LogP contribution in [-0.4, -0.2) is 29.2 Å². The zero-order chi connectivity index (χ0) is 19.0. The Morgan fingerprint density at radius 1 is 1.32 bits per heavy atom. The molecular weight excluding hydrogens is 340 g/mol. The second-order valence-electron chi connectivity index (χ2n) is 7.15. The lowest BCUT2D eigenvalue weighted by Crippen LogP contribution is -2.44. The predicted octanol–water partition coefficient (Wildman–Crippen LogP) is 4.24. The highest BCUT2D eigenvalue weighted by Crippen LogP contribution is 2.34. The molecule has 1 saturated heterocycles. The molecule has 1 heterocycles. The second kappa shape index (κ2) is 6.82. The summed E-state index contributed by atoms with van der Waals surface area (Å²) in [6.07, 6.45) is -4.02. The van der Waals surface area contributed by atoms with E-state index in [1.165, 1.54) is 4.90 Å². The molecule has 8 heteroatoms. The molecule has 0 aliphatic carbocycles.